The fourth-order valence-corrected chi connectivity index (χ4v) is 2.38. The van der Waals surface area contributed by atoms with Crippen LogP contribution < -0.4 is 0 Å². The lowest BCUT2D eigenvalue weighted by Gasteiger charge is -2.02. The van der Waals surface area contributed by atoms with Gasteiger partial charge in [-0.15, -0.1) is 0 Å². The lowest BCUT2D eigenvalue weighted by Crippen LogP contribution is -1.92. The van der Waals surface area contributed by atoms with Gasteiger partial charge in [-0.05, 0) is 18.2 Å². The predicted molar refractivity (Wildman–Crippen MR) is 74.5 cm³/mol. The number of rotatable bonds is 1. The number of pyridine rings is 3. The Kier molecular flexibility index (Phi) is 2.44. The standard InChI is InChI=1S/C15H8F2N4/c16-11-7-19-14(17)5-9(11)12-2-1-8-10-6-18-4-3-13(10)21-15(8)20-12/h1-7H,(H,20,21)/i16+0,17+0. The summed E-state index contributed by atoms with van der Waals surface area (Å²) < 4.78 is 27.0. The van der Waals surface area contributed by atoms with Crippen LogP contribution in [0.2, 0.25) is 0 Å². The van der Waals surface area contributed by atoms with Crippen molar-refractivity contribution in [2.75, 3.05) is 0 Å². The summed E-state index contributed by atoms with van der Waals surface area (Å²) in [5.74, 6) is -1.35. The van der Waals surface area contributed by atoms with Gasteiger partial charge in [-0.2, -0.15) is 4.39 Å². The number of halogens is 2. The number of nitrogens with zero attached hydrogens (tertiary/aromatic N) is 3. The molecule has 0 aliphatic rings. The van der Waals surface area contributed by atoms with Crippen LogP contribution in [0, 0.1) is 11.8 Å². The number of nitrogens with one attached hydrogen (secondary N) is 1. The molecule has 0 saturated carbocycles. The fraction of sp³-hybridized carbons (Fsp3) is 0. The van der Waals surface area contributed by atoms with Crippen LogP contribution in [0.15, 0.2) is 42.9 Å². The second-order valence-corrected chi connectivity index (χ2v) is 4.63. The van der Waals surface area contributed by atoms with Crippen LogP contribution in [0.1, 0.15) is 0 Å². The van der Waals surface area contributed by atoms with E-state index < -0.39 is 11.8 Å². The molecular weight excluding hydrogens is 274 g/mol. The smallest absolute Gasteiger partial charge is 0.213 e. The zero-order chi connectivity index (χ0) is 14.4. The number of hydrogen-bond donors (Lipinski definition) is 1. The average Bonchev–Trinajstić information content (AvgIpc) is 2.87. The Bertz CT molecular complexity index is 978. The van der Waals surface area contributed by atoms with Gasteiger partial charge >= 0.3 is 0 Å². The second kappa shape index (κ2) is 4.31. The van der Waals surface area contributed by atoms with E-state index in [9.17, 15) is 8.78 Å². The molecular formula is C15H8F2N4. The van der Waals surface area contributed by atoms with Crippen LogP contribution in [0.5, 0.6) is 0 Å². The molecule has 0 amide bonds. The predicted octanol–water partition coefficient (Wildman–Crippen LogP) is 3.45. The minimum absolute atomic E-state index is 0.0844. The third kappa shape index (κ3) is 1.84. The van der Waals surface area contributed by atoms with Gasteiger partial charge in [0.2, 0.25) is 5.95 Å². The molecule has 21 heavy (non-hydrogen) atoms. The largest absolute Gasteiger partial charge is 0.339 e. The van der Waals surface area contributed by atoms with E-state index in [1.807, 2.05) is 12.1 Å². The summed E-state index contributed by atoms with van der Waals surface area (Å²) in [5, 5.41) is 1.82. The second-order valence-electron chi connectivity index (χ2n) is 4.63. The molecule has 0 radical (unpaired) electrons. The van der Waals surface area contributed by atoms with Gasteiger partial charge in [-0.3, -0.25) is 4.98 Å². The topological polar surface area (TPSA) is 54.5 Å². The van der Waals surface area contributed by atoms with Crippen molar-refractivity contribution in [3.05, 3.63) is 54.6 Å². The quantitative estimate of drug-likeness (QED) is 0.544. The summed E-state index contributed by atoms with van der Waals surface area (Å²) >= 11 is 0. The monoisotopic (exact) mass is 282 g/mol. The minimum atomic E-state index is -0.742. The molecule has 4 aromatic heterocycles. The first-order valence-electron chi connectivity index (χ1n) is 6.26. The van der Waals surface area contributed by atoms with Crippen molar-refractivity contribution in [2.45, 2.75) is 0 Å². The molecule has 4 aromatic rings. The fourth-order valence-electron chi connectivity index (χ4n) is 2.38. The Labute approximate surface area is 117 Å². The van der Waals surface area contributed by atoms with E-state index in [0.717, 1.165) is 28.6 Å². The highest BCUT2D eigenvalue weighted by Crippen LogP contribution is 2.27. The SMILES string of the molecule is [19F]c1cc(-c2ccc3c(n2)[nH]c2ccncc23)c([19F])cn1. The van der Waals surface area contributed by atoms with E-state index in [0.29, 0.717) is 11.3 Å². The highest BCUT2D eigenvalue weighted by molar-refractivity contribution is 6.05. The van der Waals surface area contributed by atoms with Crippen LogP contribution in [0.4, 0.5) is 8.78 Å². The summed E-state index contributed by atoms with van der Waals surface area (Å²) in [6, 6.07) is 6.34. The van der Waals surface area contributed by atoms with Gasteiger partial charge in [0.15, 0.2) is 5.82 Å². The molecule has 0 aliphatic carbocycles. The van der Waals surface area contributed by atoms with E-state index in [2.05, 4.69) is 19.9 Å². The average molecular weight is 282 g/mol. The Hall–Kier alpha value is -2.89. The van der Waals surface area contributed by atoms with Crippen LogP contribution in [-0.2, 0) is 0 Å². The summed E-state index contributed by atoms with van der Waals surface area (Å²) in [5.41, 5.74) is 1.93. The van der Waals surface area contributed by atoms with Crippen molar-refractivity contribution in [1.29, 1.82) is 0 Å². The van der Waals surface area contributed by atoms with E-state index in [4.69, 9.17) is 0 Å². The number of H-pyrrole nitrogens is 1. The van der Waals surface area contributed by atoms with Gasteiger partial charge in [-0.1, -0.05) is 0 Å². The molecule has 4 rings (SSSR count). The van der Waals surface area contributed by atoms with Crippen LogP contribution in [-0.4, -0.2) is 19.9 Å². The van der Waals surface area contributed by atoms with E-state index in [-0.39, 0.29) is 5.56 Å². The van der Waals surface area contributed by atoms with Crippen molar-refractivity contribution in [3.63, 3.8) is 0 Å². The normalized spacial score (nSPS) is 11.3. The first kappa shape index (κ1) is 11.9. The molecule has 4 nitrogen and oxygen atoms in total. The maximum Gasteiger partial charge on any atom is 0.213 e. The van der Waals surface area contributed by atoms with Crippen LogP contribution in [0.3, 0.4) is 0 Å². The summed E-state index contributed by atoms with van der Waals surface area (Å²) in [6.45, 7) is 0. The Morgan fingerprint density at radius 3 is 2.81 bits per heavy atom. The van der Waals surface area contributed by atoms with Gasteiger partial charge in [0.25, 0.3) is 0 Å². The number of fused-ring (bicyclic) bond motifs is 3. The maximum atomic E-state index is 13.8. The third-order valence-corrected chi connectivity index (χ3v) is 3.36. The maximum absolute atomic E-state index is 13.8. The zero-order valence-electron chi connectivity index (χ0n) is 10.6. The van der Waals surface area contributed by atoms with E-state index >= 15 is 0 Å². The van der Waals surface area contributed by atoms with Crippen molar-refractivity contribution in [2.24, 2.45) is 0 Å². The van der Waals surface area contributed by atoms with Crippen molar-refractivity contribution in [1.82, 2.24) is 19.9 Å². The molecule has 0 bridgehead atoms. The minimum Gasteiger partial charge on any atom is -0.339 e. The Balaban J connectivity index is 1.98. The number of aromatic amines is 1. The van der Waals surface area contributed by atoms with Gasteiger partial charge in [-0.25, -0.2) is 14.4 Å². The molecule has 0 aromatic carbocycles. The molecule has 0 spiro atoms. The van der Waals surface area contributed by atoms with Crippen molar-refractivity contribution < 1.29 is 8.78 Å². The van der Waals surface area contributed by atoms with Gasteiger partial charge in [0.05, 0.1) is 17.4 Å². The first-order valence-corrected chi connectivity index (χ1v) is 6.26. The Morgan fingerprint density at radius 1 is 1.00 bits per heavy atom. The molecule has 0 unspecified atom stereocenters. The molecule has 4 heterocycles. The number of hydrogen-bond acceptors (Lipinski definition) is 3. The molecule has 102 valence electrons. The first-order chi connectivity index (χ1) is 10.2. The molecule has 1 N–H and O–H groups in total. The molecule has 0 saturated heterocycles. The molecule has 0 fully saturated rings. The highest BCUT2D eigenvalue weighted by atomic mass is 19.1. The van der Waals surface area contributed by atoms with Crippen LogP contribution in [0.25, 0.3) is 33.2 Å². The molecule has 6 heteroatoms. The summed E-state index contributed by atoms with van der Waals surface area (Å²) in [7, 11) is 0. The van der Waals surface area contributed by atoms with E-state index in [1.165, 1.54) is 0 Å². The molecule has 0 aliphatic heterocycles. The third-order valence-electron chi connectivity index (χ3n) is 3.36. The van der Waals surface area contributed by atoms with Gasteiger partial charge < -0.3 is 4.98 Å². The summed E-state index contributed by atoms with van der Waals surface area (Å²) in [6.07, 6.45) is 4.27. The van der Waals surface area contributed by atoms with E-state index in [1.54, 1.807) is 18.5 Å². The van der Waals surface area contributed by atoms with Crippen LogP contribution >= 0.6 is 0 Å². The zero-order valence-corrected chi connectivity index (χ0v) is 10.6. The highest BCUT2D eigenvalue weighted by Gasteiger charge is 2.11. The summed E-state index contributed by atoms with van der Waals surface area (Å²) in [4.78, 5) is 14.9. The lowest BCUT2D eigenvalue weighted by molar-refractivity contribution is 0.562. The van der Waals surface area contributed by atoms with Crippen molar-refractivity contribution >= 4 is 21.9 Å². The van der Waals surface area contributed by atoms with Crippen molar-refractivity contribution in [3.8, 4) is 11.3 Å². The van der Waals surface area contributed by atoms with Gasteiger partial charge in [0.1, 0.15) is 5.65 Å². The number of aromatic nitrogens is 4. The van der Waals surface area contributed by atoms with Gasteiger partial charge in [0, 0.05) is 34.8 Å². The lowest BCUT2D eigenvalue weighted by atomic mass is 10.1. The Morgan fingerprint density at radius 2 is 1.90 bits per heavy atom. The molecule has 0 atom stereocenters.